The molecule has 0 aliphatic carbocycles. The van der Waals surface area contributed by atoms with Crippen LogP contribution < -0.4 is 15.8 Å². The molecule has 1 fully saturated rings. The Morgan fingerprint density at radius 2 is 2.18 bits per heavy atom. The SMILES string of the molecule is N#Cc1c(N)sc2c(F)ccc(-c3c(Cl)cc4c(c3F)OC(=O)C=C3CN[C@H](C(=O)C#CCO)CN3C4)c12. The summed E-state index contributed by atoms with van der Waals surface area (Å²) in [4.78, 5) is 26.8. The van der Waals surface area contributed by atoms with Crippen molar-refractivity contribution in [2.75, 3.05) is 25.4 Å². The number of thiophene rings is 1. The number of ketones is 1. The normalized spacial score (nSPS) is 16.7. The molecule has 2 aromatic carbocycles. The molecular formula is C26H17ClF2N4O4S. The first-order chi connectivity index (χ1) is 18.2. The predicted octanol–water partition coefficient (Wildman–Crippen LogP) is 3.10. The van der Waals surface area contributed by atoms with E-state index in [1.54, 1.807) is 4.90 Å². The topological polar surface area (TPSA) is 129 Å². The number of Topliss-reactive ketones (excluding diaryl/α,β-unsaturated/α-hetero) is 1. The Balaban J connectivity index is 1.62. The maximum Gasteiger partial charge on any atom is 0.338 e. The molecule has 5 rings (SSSR count). The highest BCUT2D eigenvalue weighted by molar-refractivity contribution is 7.23. The van der Waals surface area contributed by atoms with Crippen molar-refractivity contribution in [3.63, 3.8) is 0 Å². The highest BCUT2D eigenvalue weighted by Gasteiger charge is 2.32. The summed E-state index contributed by atoms with van der Waals surface area (Å²) < 4.78 is 36.1. The second kappa shape index (κ2) is 10.0. The Morgan fingerprint density at radius 1 is 1.39 bits per heavy atom. The van der Waals surface area contributed by atoms with Crippen LogP contribution >= 0.6 is 22.9 Å². The van der Waals surface area contributed by atoms with Gasteiger partial charge in [0.2, 0.25) is 5.78 Å². The van der Waals surface area contributed by atoms with Crippen LogP contribution in [0.15, 0.2) is 30.0 Å². The molecule has 2 aliphatic rings. The number of piperazine rings is 1. The standard InChI is InChI=1S/C26H17ClF2N4O4S/c27-16-6-12-10-33-11-18(19(35)2-1-5-34)32-9-13(33)7-20(36)37-24(12)23(29)22(16)14-3-4-17(28)25-21(14)15(8-30)26(31)38-25/h3-4,6-7,18,32,34H,5,9-11,31H2/t18-/m0/s1. The summed E-state index contributed by atoms with van der Waals surface area (Å²) in [6.45, 7) is -0.129. The monoisotopic (exact) mass is 554 g/mol. The second-order valence-corrected chi connectivity index (χ2v) is 9.94. The second-order valence-electron chi connectivity index (χ2n) is 8.48. The van der Waals surface area contributed by atoms with Gasteiger partial charge in [0.1, 0.15) is 23.5 Å². The highest BCUT2D eigenvalue weighted by Crippen LogP contribution is 2.46. The first kappa shape index (κ1) is 25.6. The van der Waals surface area contributed by atoms with Crippen molar-refractivity contribution >= 4 is 49.8 Å². The van der Waals surface area contributed by atoms with Crippen molar-refractivity contribution in [3.8, 4) is 34.8 Å². The van der Waals surface area contributed by atoms with Gasteiger partial charge in [-0.15, -0.1) is 11.3 Å². The van der Waals surface area contributed by atoms with Gasteiger partial charge in [-0.05, 0) is 23.6 Å². The number of benzene rings is 2. The Morgan fingerprint density at radius 3 is 2.92 bits per heavy atom. The molecule has 3 aromatic rings. The third-order valence-electron chi connectivity index (χ3n) is 6.24. The Labute approximate surface area is 223 Å². The van der Waals surface area contributed by atoms with E-state index in [2.05, 4.69) is 17.2 Å². The van der Waals surface area contributed by atoms with E-state index in [1.165, 1.54) is 18.2 Å². The Kier molecular flexibility index (Phi) is 6.78. The molecule has 192 valence electrons. The minimum atomic E-state index is -0.962. The molecule has 1 aromatic heterocycles. The van der Waals surface area contributed by atoms with Crippen molar-refractivity contribution in [1.29, 1.82) is 5.26 Å². The number of nitrogens with one attached hydrogen (secondary N) is 1. The van der Waals surface area contributed by atoms with Crippen LogP contribution in [0.5, 0.6) is 5.75 Å². The lowest BCUT2D eigenvalue weighted by molar-refractivity contribution is -0.129. The summed E-state index contributed by atoms with van der Waals surface area (Å²) in [5.74, 6) is 1.43. The lowest BCUT2D eigenvalue weighted by Gasteiger charge is -2.37. The number of aliphatic hydroxyl groups is 1. The molecule has 0 amide bonds. The number of fused-ring (bicyclic) bond motifs is 3. The summed E-state index contributed by atoms with van der Waals surface area (Å²) in [5.41, 5.74) is 6.63. The van der Waals surface area contributed by atoms with E-state index >= 15 is 4.39 Å². The molecule has 3 heterocycles. The molecule has 38 heavy (non-hydrogen) atoms. The smallest absolute Gasteiger partial charge is 0.338 e. The molecule has 0 saturated carbocycles. The van der Waals surface area contributed by atoms with Gasteiger partial charge in [-0.1, -0.05) is 23.6 Å². The number of nitrogens with zero attached hydrogens (tertiary/aromatic N) is 2. The number of rotatable bonds is 2. The molecule has 1 atom stereocenters. The zero-order valence-corrected chi connectivity index (χ0v) is 21.0. The molecule has 0 bridgehead atoms. The van der Waals surface area contributed by atoms with Gasteiger partial charge in [0, 0.05) is 47.9 Å². The Hall–Kier alpha value is -4.00. The van der Waals surface area contributed by atoms with Crippen LogP contribution in [0, 0.1) is 34.8 Å². The van der Waals surface area contributed by atoms with Crippen LogP contribution in [-0.4, -0.2) is 47.5 Å². The van der Waals surface area contributed by atoms with Crippen LogP contribution in [0.3, 0.4) is 0 Å². The summed E-state index contributed by atoms with van der Waals surface area (Å²) in [5, 5.41) is 21.6. The molecular weight excluding hydrogens is 538 g/mol. The number of carbonyl (C=O) groups is 2. The first-order valence-corrected chi connectivity index (χ1v) is 12.4. The molecule has 2 aliphatic heterocycles. The molecule has 4 N–H and O–H groups in total. The van der Waals surface area contributed by atoms with Gasteiger partial charge >= 0.3 is 5.97 Å². The summed E-state index contributed by atoms with van der Waals surface area (Å²) >= 11 is 7.42. The number of aliphatic hydroxyl groups excluding tert-OH is 1. The van der Waals surface area contributed by atoms with Gasteiger partial charge in [0.15, 0.2) is 11.6 Å². The fraction of sp³-hybridized carbons (Fsp3) is 0.192. The average Bonchev–Trinajstić information content (AvgIpc) is 3.23. The third kappa shape index (κ3) is 4.36. The molecule has 0 radical (unpaired) electrons. The van der Waals surface area contributed by atoms with E-state index in [0.29, 0.717) is 5.70 Å². The van der Waals surface area contributed by atoms with E-state index in [1.807, 2.05) is 6.07 Å². The van der Waals surface area contributed by atoms with Gasteiger partial charge in [-0.3, -0.25) is 10.1 Å². The van der Waals surface area contributed by atoms with Crippen molar-refractivity contribution in [1.82, 2.24) is 10.2 Å². The minimum Gasteiger partial charge on any atom is -0.420 e. The number of esters is 1. The number of hydrogen-bond acceptors (Lipinski definition) is 9. The lowest BCUT2D eigenvalue weighted by Crippen LogP contribution is -2.52. The van der Waals surface area contributed by atoms with Crippen LogP contribution in [0.1, 0.15) is 11.1 Å². The van der Waals surface area contributed by atoms with Gasteiger partial charge in [0.25, 0.3) is 0 Å². The van der Waals surface area contributed by atoms with Gasteiger partial charge in [-0.2, -0.15) is 5.26 Å². The fourth-order valence-electron chi connectivity index (χ4n) is 4.54. The van der Waals surface area contributed by atoms with Crippen LogP contribution in [0.2, 0.25) is 5.02 Å². The number of hydrogen-bond donors (Lipinski definition) is 3. The highest BCUT2D eigenvalue weighted by atomic mass is 35.5. The van der Waals surface area contributed by atoms with Crippen LogP contribution in [0.4, 0.5) is 13.8 Å². The zero-order valence-electron chi connectivity index (χ0n) is 19.4. The predicted molar refractivity (Wildman–Crippen MR) is 137 cm³/mol. The molecule has 0 spiro atoms. The van der Waals surface area contributed by atoms with Crippen LogP contribution in [-0.2, 0) is 16.1 Å². The van der Waals surface area contributed by atoms with Gasteiger partial charge in [-0.25, -0.2) is 13.6 Å². The van der Waals surface area contributed by atoms with Crippen molar-refractivity contribution < 1.29 is 28.2 Å². The van der Waals surface area contributed by atoms with Crippen molar-refractivity contribution in [2.24, 2.45) is 0 Å². The fourth-order valence-corrected chi connectivity index (χ4v) is 5.81. The van der Waals surface area contributed by atoms with Gasteiger partial charge in [0.05, 0.1) is 21.3 Å². The lowest BCUT2D eigenvalue weighted by atomic mass is 9.96. The summed E-state index contributed by atoms with van der Waals surface area (Å²) in [6, 6.07) is 5.09. The minimum absolute atomic E-state index is 0.00731. The Bertz CT molecular complexity index is 1670. The van der Waals surface area contributed by atoms with Gasteiger partial charge < -0.3 is 20.5 Å². The maximum absolute atomic E-state index is 16.1. The van der Waals surface area contributed by atoms with E-state index in [9.17, 15) is 19.2 Å². The molecule has 12 heteroatoms. The number of nitrogen functional groups attached to an aromatic ring is 1. The zero-order chi connectivity index (χ0) is 27.1. The largest absolute Gasteiger partial charge is 0.420 e. The maximum atomic E-state index is 16.1. The van der Waals surface area contributed by atoms with Crippen molar-refractivity contribution in [2.45, 2.75) is 12.6 Å². The number of nitriles is 1. The number of carbonyl (C=O) groups excluding carboxylic acids is 2. The quantitative estimate of drug-likeness (QED) is 0.191. The van der Waals surface area contributed by atoms with Crippen LogP contribution in [0.25, 0.3) is 21.2 Å². The number of anilines is 1. The first-order valence-electron chi connectivity index (χ1n) is 11.2. The number of ether oxygens (including phenoxy) is 1. The number of halogens is 3. The van der Waals surface area contributed by atoms with E-state index in [-0.39, 0.29) is 67.7 Å². The molecule has 1 saturated heterocycles. The van der Waals surface area contributed by atoms with E-state index in [0.717, 1.165) is 17.4 Å². The molecule has 0 unspecified atom stereocenters. The average molecular weight is 555 g/mol. The van der Waals surface area contributed by atoms with E-state index < -0.39 is 36.0 Å². The van der Waals surface area contributed by atoms with Crippen molar-refractivity contribution in [3.05, 3.63) is 57.8 Å². The summed E-state index contributed by atoms with van der Waals surface area (Å²) in [6.07, 6.45) is 1.20. The summed E-state index contributed by atoms with van der Waals surface area (Å²) in [7, 11) is 0. The molecule has 8 nitrogen and oxygen atoms in total. The van der Waals surface area contributed by atoms with E-state index in [4.69, 9.17) is 27.2 Å². The third-order valence-corrected chi connectivity index (χ3v) is 7.57. The number of nitrogens with two attached hydrogens (primary N) is 1.